The van der Waals surface area contributed by atoms with Crippen molar-refractivity contribution in [2.75, 3.05) is 6.16 Å². The quantitative estimate of drug-likeness (QED) is 0.263. The molecule has 0 radical (unpaired) electrons. The van der Waals surface area contributed by atoms with E-state index < -0.39 is 0 Å². The third-order valence-corrected chi connectivity index (χ3v) is 4.86. The molecule has 0 heterocycles. The van der Waals surface area contributed by atoms with Gasteiger partial charge in [-0.05, 0) is 12.6 Å². The first-order chi connectivity index (χ1) is 7.91. The molecular formula is C14H30BrP. The first-order valence-electron chi connectivity index (χ1n) is 7.25. The van der Waals surface area contributed by atoms with Gasteiger partial charge in [-0.3, -0.25) is 0 Å². The zero-order valence-electron chi connectivity index (χ0n) is 11.1. The Hall–Kier alpha value is 0.910. The minimum Gasteiger partial charge on any atom is -0.0654 e. The van der Waals surface area contributed by atoms with E-state index in [1.54, 1.807) is 0 Å². The van der Waals surface area contributed by atoms with Gasteiger partial charge in [0.15, 0.2) is 0 Å². The van der Waals surface area contributed by atoms with Gasteiger partial charge in [0, 0.05) is 0 Å². The lowest BCUT2D eigenvalue weighted by molar-refractivity contribution is 0.548. The minimum atomic E-state index is 0.982. The predicted molar refractivity (Wildman–Crippen MR) is 83.2 cm³/mol. The Morgan fingerprint density at radius 2 is 1.00 bits per heavy atom. The van der Waals surface area contributed by atoms with Gasteiger partial charge in [-0.2, -0.15) is 0 Å². The summed E-state index contributed by atoms with van der Waals surface area (Å²) in [7, 11) is 0.982. The van der Waals surface area contributed by atoms with Crippen molar-refractivity contribution in [2.45, 2.75) is 84.0 Å². The summed E-state index contributed by atoms with van der Waals surface area (Å²) in [6.07, 6.45) is 18.9. The average Bonchev–Trinajstić information content (AvgIpc) is 2.31. The highest BCUT2D eigenvalue weighted by molar-refractivity contribution is 9.36. The van der Waals surface area contributed by atoms with Crippen LogP contribution < -0.4 is 0 Å². The first kappa shape index (κ1) is 16.9. The summed E-state index contributed by atoms with van der Waals surface area (Å²) < 4.78 is 0. The molecule has 0 spiro atoms. The van der Waals surface area contributed by atoms with E-state index in [9.17, 15) is 0 Å². The molecule has 0 aliphatic heterocycles. The second-order valence-electron chi connectivity index (χ2n) is 4.77. The van der Waals surface area contributed by atoms with Gasteiger partial charge in [0.2, 0.25) is 0 Å². The van der Waals surface area contributed by atoms with Crippen LogP contribution in [0.3, 0.4) is 0 Å². The van der Waals surface area contributed by atoms with Crippen molar-refractivity contribution in [3.05, 3.63) is 0 Å². The topological polar surface area (TPSA) is 0 Å². The van der Waals surface area contributed by atoms with Gasteiger partial charge in [0.05, 0.1) is 0 Å². The van der Waals surface area contributed by atoms with Crippen LogP contribution in [0.2, 0.25) is 0 Å². The molecule has 0 aromatic rings. The number of rotatable bonds is 13. The van der Waals surface area contributed by atoms with Crippen LogP contribution >= 0.6 is 22.8 Å². The third kappa shape index (κ3) is 14.9. The van der Waals surface area contributed by atoms with Crippen molar-refractivity contribution >= 4 is 22.8 Å². The van der Waals surface area contributed by atoms with E-state index in [1.807, 2.05) is 0 Å². The molecule has 1 unspecified atom stereocenters. The molecule has 2 heteroatoms. The fourth-order valence-corrected chi connectivity index (χ4v) is 3.26. The molecule has 1 atom stereocenters. The highest BCUT2D eigenvalue weighted by Crippen LogP contribution is 2.21. The average molecular weight is 309 g/mol. The molecule has 0 aromatic carbocycles. The first-order valence-corrected chi connectivity index (χ1v) is 10.7. The summed E-state index contributed by atoms with van der Waals surface area (Å²) in [4.78, 5) is 0. The molecule has 0 fully saturated rings. The molecule has 0 aliphatic carbocycles. The molecule has 0 aliphatic rings. The predicted octanol–water partition coefficient (Wildman–Crippen LogP) is 6.68. The highest BCUT2D eigenvalue weighted by atomic mass is 79.9. The second kappa shape index (κ2) is 15.9. The van der Waals surface area contributed by atoms with E-state index in [0.717, 1.165) is 7.28 Å². The molecule has 16 heavy (non-hydrogen) atoms. The smallest absolute Gasteiger partial charge is 0.0255 e. The van der Waals surface area contributed by atoms with E-state index in [0.29, 0.717) is 0 Å². The summed E-state index contributed by atoms with van der Waals surface area (Å²) in [6, 6.07) is 0. The molecule has 0 saturated heterocycles. The molecule has 0 aromatic heterocycles. The molecule has 0 rings (SSSR count). The fraction of sp³-hybridized carbons (Fsp3) is 1.00. The Labute approximate surface area is 113 Å². The highest BCUT2D eigenvalue weighted by Gasteiger charge is 1.92. The SMILES string of the molecule is CCCCCCCCCCCCCCPBr. The minimum absolute atomic E-state index is 0.982. The van der Waals surface area contributed by atoms with Crippen molar-refractivity contribution < 1.29 is 0 Å². The molecule has 0 N–H and O–H groups in total. The Kier molecular flexibility index (Phi) is 16.8. The summed E-state index contributed by atoms with van der Waals surface area (Å²) in [5, 5.41) is 0. The van der Waals surface area contributed by atoms with Gasteiger partial charge in [0.25, 0.3) is 0 Å². The molecule has 0 nitrogen and oxygen atoms in total. The molecule has 98 valence electrons. The summed E-state index contributed by atoms with van der Waals surface area (Å²) in [6.45, 7) is 2.29. The maximum atomic E-state index is 3.51. The third-order valence-electron chi connectivity index (χ3n) is 3.12. The van der Waals surface area contributed by atoms with Crippen molar-refractivity contribution in [3.8, 4) is 0 Å². The van der Waals surface area contributed by atoms with Crippen molar-refractivity contribution in [1.29, 1.82) is 0 Å². The Balaban J connectivity index is 2.83. The largest absolute Gasteiger partial charge is 0.0654 e. The Morgan fingerprint density at radius 1 is 0.625 bits per heavy atom. The molecular weight excluding hydrogens is 279 g/mol. The van der Waals surface area contributed by atoms with Crippen LogP contribution in [-0.2, 0) is 0 Å². The standard InChI is InChI=1S/C14H30BrP/c1-2-3-4-5-6-7-8-9-10-11-12-13-14-16-15/h16H,2-14H2,1H3. The van der Waals surface area contributed by atoms with Gasteiger partial charge in [-0.1, -0.05) is 100 Å². The Bertz CT molecular complexity index is 103. The summed E-state index contributed by atoms with van der Waals surface area (Å²) in [5.41, 5.74) is 0. The van der Waals surface area contributed by atoms with Crippen molar-refractivity contribution in [2.24, 2.45) is 0 Å². The molecule has 0 bridgehead atoms. The normalized spacial score (nSPS) is 11.6. The second-order valence-corrected chi connectivity index (χ2v) is 7.22. The van der Waals surface area contributed by atoms with E-state index >= 15 is 0 Å². The van der Waals surface area contributed by atoms with Crippen molar-refractivity contribution in [3.63, 3.8) is 0 Å². The lowest BCUT2D eigenvalue weighted by atomic mass is 10.1. The van der Waals surface area contributed by atoms with E-state index in [-0.39, 0.29) is 0 Å². The van der Waals surface area contributed by atoms with Gasteiger partial charge in [-0.25, -0.2) is 0 Å². The van der Waals surface area contributed by atoms with Crippen LogP contribution in [0.4, 0.5) is 0 Å². The van der Waals surface area contributed by atoms with Crippen LogP contribution in [0.1, 0.15) is 84.0 Å². The monoisotopic (exact) mass is 308 g/mol. The molecule has 0 amide bonds. The van der Waals surface area contributed by atoms with Gasteiger partial charge in [0.1, 0.15) is 0 Å². The van der Waals surface area contributed by atoms with Crippen molar-refractivity contribution in [1.82, 2.24) is 0 Å². The van der Waals surface area contributed by atoms with E-state index in [4.69, 9.17) is 0 Å². The van der Waals surface area contributed by atoms with Crippen LogP contribution in [-0.4, -0.2) is 6.16 Å². The number of unbranched alkanes of at least 4 members (excludes halogenated alkanes) is 11. The van der Waals surface area contributed by atoms with Gasteiger partial charge < -0.3 is 0 Å². The van der Waals surface area contributed by atoms with Gasteiger partial charge >= 0.3 is 0 Å². The maximum absolute atomic E-state index is 3.51. The number of hydrogen-bond acceptors (Lipinski definition) is 0. The van der Waals surface area contributed by atoms with Crippen LogP contribution in [0.5, 0.6) is 0 Å². The fourth-order valence-electron chi connectivity index (χ4n) is 2.03. The van der Waals surface area contributed by atoms with Gasteiger partial charge in [-0.15, -0.1) is 0 Å². The summed E-state index contributed by atoms with van der Waals surface area (Å²) >= 11 is 3.51. The number of hydrogen-bond donors (Lipinski definition) is 0. The van der Waals surface area contributed by atoms with Crippen LogP contribution in [0.15, 0.2) is 0 Å². The molecule has 0 saturated carbocycles. The lowest BCUT2D eigenvalue weighted by Gasteiger charge is -2.02. The lowest BCUT2D eigenvalue weighted by Crippen LogP contribution is -1.82. The Morgan fingerprint density at radius 3 is 1.38 bits per heavy atom. The number of halogens is 1. The zero-order valence-corrected chi connectivity index (χ0v) is 13.7. The van der Waals surface area contributed by atoms with Crippen LogP contribution in [0, 0.1) is 0 Å². The van der Waals surface area contributed by atoms with E-state index in [1.165, 1.54) is 83.2 Å². The summed E-state index contributed by atoms with van der Waals surface area (Å²) in [5.74, 6) is 0. The zero-order chi connectivity index (χ0) is 11.9. The van der Waals surface area contributed by atoms with Crippen LogP contribution in [0.25, 0.3) is 0 Å². The maximum Gasteiger partial charge on any atom is -0.0255 e. The van der Waals surface area contributed by atoms with E-state index in [2.05, 4.69) is 22.4 Å².